The number of hydrogen-bond donors (Lipinski definition) is 2. The Labute approximate surface area is 141 Å². The molecule has 2 aromatic rings. The van der Waals surface area contributed by atoms with Crippen LogP contribution in [-0.2, 0) is 14.8 Å². The highest BCUT2D eigenvalue weighted by Crippen LogP contribution is 2.29. The van der Waals surface area contributed by atoms with E-state index in [1.807, 2.05) is 0 Å². The average molecular weight is 369 g/mol. The molecule has 0 aromatic heterocycles. The molecule has 1 amide bonds. The van der Waals surface area contributed by atoms with Crippen molar-refractivity contribution < 1.29 is 27.3 Å². The van der Waals surface area contributed by atoms with Gasteiger partial charge in [-0.2, -0.15) is 0 Å². The average Bonchev–Trinajstić information content (AvgIpc) is 2.54. The number of carbonyl (C=O) groups is 1. The van der Waals surface area contributed by atoms with E-state index in [1.54, 1.807) is 0 Å². The van der Waals surface area contributed by atoms with Gasteiger partial charge in [0.2, 0.25) is 10.0 Å². The fourth-order valence-electron chi connectivity index (χ4n) is 1.81. The van der Waals surface area contributed by atoms with E-state index in [4.69, 9.17) is 9.88 Å². The number of nitrogens with one attached hydrogen (secondary N) is 1. The molecule has 9 nitrogen and oxygen atoms in total. The molecule has 0 unspecified atom stereocenters. The third kappa shape index (κ3) is 4.96. The molecule has 0 saturated heterocycles. The van der Waals surface area contributed by atoms with Gasteiger partial charge < -0.3 is 10.1 Å². The smallest absolute Gasteiger partial charge is 0.312 e. The fourth-order valence-corrected chi connectivity index (χ4v) is 2.35. The quantitative estimate of drug-likeness (QED) is 0.582. The summed E-state index contributed by atoms with van der Waals surface area (Å²) in [6.07, 6.45) is 0. The molecule has 0 atom stereocenters. The Morgan fingerprint density at radius 2 is 1.88 bits per heavy atom. The molecule has 25 heavy (non-hydrogen) atoms. The molecular formula is C14H12FN3O6S. The molecule has 0 heterocycles. The van der Waals surface area contributed by atoms with E-state index in [1.165, 1.54) is 12.1 Å². The summed E-state index contributed by atoms with van der Waals surface area (Å²) in [7, 11) is -4.12. The lowest BCUT2D eigenvalue weighted by Gasteiger charge is -2.08. The van der Waals surface area contributed by atoms with Crippen LogP contribution < -0.4 is 15.2 Å². The lowest BCUT2D eigenvalue weighted by Crippen LogP contribution is -2.20. The minimum atomic E-state index is -4.12. The van der Waals surface area contributed by atoms with Crippen LogP contribution in [0.25, 0.3) is 0 Å². The third-order valence-corrected chi connectivity index (χ3v) is 3.85. The number of hydrogen-bond acceptors (Lipinski definition) is 6. The second-order valence-electron chi connectivity index (χ2n) is 4.78. The van der Waals surface area contributed by atoms with Crippen LogP contribution in [0.15, 0.2) is 47.4 Å². The predicted octanol–water partition coefficient (Wildman–Crippen LogP) is 1.40. The zero-order valence-electron chi connectivity index (χ0n) is 12.5. The van der Waals surface area contributed by atoms with E-state index in [-0.39, 0.29) is 5.75 Å². The molecule has 0 fully saturated rings. The van der Waals surface area contributed by atoms with Crippen molar-refractivity contribution in [3.8, 4) is 5.75 Å². The number of nitrogens with zero attached hydrogens (tertiary/aromatic N) is 1. The van der Waals surface area contributed by atoms with Crippen LogP contribution in [0.2, 0.25) is 0 Å². The molecule has 2 rings (SSSR count). The van der Waals surface area contributed by atoms with Gasteiger partial charge in [-0.25, -0.2) is 17.9 Å². The summed E-state index contributed by atoms with van der Waals surface area (Å²) in [5, 5.41) is 18.3. The number of anilines is 1. The second-order valence-corrected chi connectivity index (χ2v) is 6.34. The van der Waals surface area contributed by atoms with E-state index in [9.17, 15) is 27.7 Å². The van der Waals surface area contributed by atoms with Crippen LogP contribution in [0.1, 0.15) is 0 Å². The number of amides is 1. The molecule has 0 aliphatic heterocycles. The third-order valence-electron chi connectivity index (χ3n) is 2.94. The van der Waals surface area contributed by atoms with Gasteiger partial charge in [0.05, 0.1) is 9.82 Å². The van der Waals surface area contributed by atoms with Gasteiger partial charge in [0.25, 0.3) is 5.91 Å². The van der Waals surface area contributed by atoms with Crippen molar-refractivity contribution in [2.24, 2.45) is 5.14 Å². The highest BCUT2D eigenvalue weighted by Gasteiger charge is 2.20. The Hall–Kier alpha value is -3.05. The molecule has 11 heteroatoms. The van der Waals surface area contributed by atoms with Crippen molar-refractivity contribution >= 4 is 27.3 Å². The van der Waals surface area contributed by atoms with Crippen molar-refractivity contribution in [3.63, 3.8) is 0 Å². The van der Waals surface area contributed by atoms with Gasteiger partial charge in [-0.3, -0.25) is 14.9 Å². The first-order chi connectivity index (χ1) is 11.7. The SMILES string of the molecule is NS(=O)(=O)c1ccc(OCC(=O)Nc2ccc(F)cc2)c([N+](=O)[O-])c1. The Kier molecular flexibility index (Phi) is 5.29. The number of sulfonamides is 1. The second kappa shape index (κ2) is 7.23. The van der Waals surface area contributed by atoms with Crippen molar-refractivity contribution in [2.45, 2.75) is 4.90 Å². The highest BCUT2D eigenvalue weighted by atomic mass is 32.2. The van der Waals surface area contributed by atoms with Gasteiger partial charge >= 0.3 is 5.69 Å². The Balaban J connectivity index is 2.10. The normalized spacial score (nSPS) is 11.0. The van der Waals surface area contributed by atoms with E-state index >= 15 is 0 Å². The molecule has 0 bridgehead atoms. The fraction of sp³-hybridized carbons (Fsp3) is 0.0714. The highest BCUT2D eigenvalue weighted by molar-refractivity contribution is 7.89. The number of rotatable bonds is 6. The van der Waals surface area contributed by atoms with Crippen LogP contribution >= 0.6 is 0 Å². The molecular weight excluding hydrogens is 357 g/mol. The summed E-state index contributed by atoms with van der Waals surface area (Å²) in [6, 6.07) is 7.74. The first-order valence-electron chi connectivity index (χ1n) is 6.66. The molecule has 0 radical (unpaired) electrons. The number of nitrogens with two attached hydrogens (primary N) is 1. The topological polar surface area (TPSA) is 142 Å². The standard InChI is InChI=1S/C14H12FN3O6S/c15-9-1-3-10(4-2-9)17-14(19)8-24-13-6-5-11(25(16,22)23)7-12(13)18(20)21/h1-7H,8H2,(H,17,19)(H2,16,22,23). The molecule has 0 spiro atoms. The number of nitro benzene ring substituents is 1. The molecule has 0 aliphatic carbocycles. The Bertz CT molecular complexity index is 915. The van der Waals surface area contributed by atoms with Gasteiger partial charge in [-0.05, 0) is 36.4 Å². The Morgan fingerprint density at radius 3 is 2.44 bits per heavy atom. The van der Waals surface area contributed by atoms with Gasteiger partial charge in [0.1, 0.15) is 5.82 Å². The monoisotopic (exact) mass is 369 g/mol. The minimum absolute atomic E-state index is 0.299. The van der Waals surface area contributed by atoms with Crippen molar-refractivity contribution in [2.75, 3.05) is 11.9 Å². The van der Waals surface area contributed by atoms with Crippen LogP contribution in [0.3, 0.4) is 0 Å². The predicted molar refractivity (Wildman–Crippen MR) is 85.0 cm³/mol. The summed E-state index contributed by atoms with van der Waals surface area (Å²) in [4.78, 5) is 21.5. The van der Waals surface area contributed by atoms with Crippen LogP contribution in [0.4, 0.5) is 15.8 Å². The number of nitro groups is 1. The lowest BCUT2D eigenvalue weighted by atomic mass is 10.3. The molecule has 3 N–H and O–H groups in total. The van der Waals surface area contributed by atoms with Gasteiger partial charge in [-0.1, -0.05) is 0 Å². The summed E-state index contributed by atoms with van der Waals surface area (Å²) in [5.41, 5.74) is -0.338. The maximum atomic E-state index is 12.8. The maximum absolute atomic E-state index is 12.8. The van der Waals surface area contributed by atoms with Crippen LogP contribution in [0.5, 0.6) is 5.75 Å². The van der Waals surface area contributed by atoms with Gasteiger partial charge in [0, 0.05) is 11.8 Å². The van der Waals surface area contributed by atoms with Crippen molar-refractivity contribution in [1.29, 1.82) is 0 Å². The maximum Gasteiger partial charge on any atom is 0.312 e. The van der Waals surface area contributed by atoms with E-state index in [2.05, 4.69) is 5.32 Å². The zero-order chi connectivity index (χ0) is 18.6. The van der Waals surface area contributed by atoms with Crippen LogP contribution in [-0.4, -0.2) is 25.9 Å². The lowest BCUT2D eigenvalue weighted by molar-refractivity contribution is -0.386. The van der Waals surface area contributed by atoms with Gasteiger partial charge in [0.15, 0.2) is 12.4 Å². The number of benzene rings is 2. The Morgan fingerprint density at radius 1 is 1.24 bits per heavy atom. The summed E-state index contributed by atoms with van der Waals surface area (Å²) in [5.74, 6) is -1.41. The number of halogens is 1. The number of carbonyl (C=O) groups excluding carboxylic acids is 1. The molecule has 2 aromatic carbocycles. The largest absolute Gasteiger partial charge is 0.477 e. The molecule has 0 saturated carbocycles. The van der Waals surface area contributed by atoms with E-state index in [0.29, 0.717) is 5.69 Å². The molecule has 132 valence electrons. The number of ether oxygens (including phenoxy) is 1. The summed E-state index contributed by atoms with van der Waals surface area (Å²) >= 11 is 0. The minimum Gasteiger partial charge on any atom is -0.477 e. The zero-order valence-corrected chi connectivity index (χ0v) is 13.3. The van der Waals surface area contributed by atoms with Gasteiger partial charge in [-0.15, -0.1) is 0 Å². The molecule has 0 aliphatic rings. The summed E-state index contributed by atoms with van der Waals surface area (Å²) < 4.78 is 40.3. The van der Waals surface area contributed by atoms with Crippen molar-refractivity contribution in [1.82, 2.24) is 0 Å². The van der Waals surface area contributed by atoms with Crippen molar-refractivity contribution in [3.05, 3.63) is 58.4 Å². The number of primary sulfonamides is 1. The van der Waals surface area contributed by atoms with E-state index < -0.39 is 43.9 Å². The van der Waals surface area contributed by atoms with Crippen LogP contribution in [0, 0.1) is 15.9 Å². The first kappa shape index (κ1) is 18.3. The first-order valence-corrected chi connectivity index (χ1v) is 8.21. The summed E-state index contributed by atoms with van der Waals surface area (Å²) in [6.45, 7) is -0.576. The van der Waals surface area contributed by atoms with E-state index in [0.717, 1.165) is 30.3 Å².